The van der Waals surface area contributed by atoms with Crippen LogP contribution in [0.15, 0.2) is 24.3 Å². The Bertz CT molecular complexity index is 478. The van der Waals surface area contributed by atoms with Crippen molar-refractivity contribution in [1.82, 2.24) is 4.90 Å². The van der Waals surface area contributed by atoms with E-state index in [1.54, 1.807) is 0 Å². The first kappa shape index (κ1) is 17.9. The maximum atomic E-state index is 12.1. The van der Waals surface area contributed by atoms with Gasteiger partial charge in [-0.05, 0) is 31.0 Å². The van der Waals surface area contributed by atoms with Crippen molar-refractivity contribution >= 4 is 35.2 Å². The van der Waals surface area contributed by atoms with Crippen LogP contribution in [-0.2, 0) is 15.3 Å². The van der Waals surface area contributed by atoms with E-state index >= 15 is 0 Å². The Kier molecular flexibility index (Phi) is 7.61. The van der Waals surface area contributed by atoms with E-state index in [1.165, 1.54) is 16.7 Å². The number of carboxylic acids is 1. The number of benzene rings is 1. The van der Waals surface area contributed by atoms with Crippen molar-refractivity contribution in [3.05, 3.63) is 34.9 Å². The molecule has 1 aromatic carbocycles. The smallest absolute Gasteiger partial charge is 0.323 e. The number of carboxylic acid groups (broad SMARTS) is 1. The molecule has 0 radical (unpaired) electrons. The van der Waals surface area contributed by atoms with Gasteiger partial charge < -0.3 is 10.0 Å². The van der Waals surface area contributed by atoms with Crippen molar-refractivity contribution in [2.45, 2.75) is 32.1 Å². The summed E-state index contributed by atoms with van der Waals surface area (Å²) in [7, 11) is 0. The molecule has 0 aliphatic carbocycles. The van der Waals surface area contributed by atoms with Crippen molar-refractivity contribution < 1.29 is 14.7 Å². The van der Waals surface area contributed by atoms with Gasteiger partial charge in [-0.3, -0.25) is 9.59 Å². The van der Waals surface area contributed by atoms with E-state index in [4.69, 9.17) is 16.7 Å². The summed E-state index contributed by atoms with van der Waals surface area (Å²) in [6, 6.07) is 7.40. The molecule has 0 aliphatic rings. The lowest BCUT2D eigenvalue weighted by Gasteiger charge is -2.26. The van der Waals surface area contributed by atoms with Gasteiger partial charge in [0, 0.05) is 16.8 Å². The average Bonchev–Trinajstić information content (AvgIpc) is 2.45. The summed E-state index contributed by atoms with van der Waals surface area (Å²) in [5.74, 6) is -0.137. The maximum Gasteiger partial charge on any atom is 0.323 e. The number of aliphatic carboxylic acids is 1. The van der Waals surface area contributed by atoms with Gasteiger partial charge in [-0.25, -0.2) is 0 Å². The minimum absolute atomic E-state index is 0.0651. The number of halogens is 1. The Balaban J connectivity index is 2.49. The number of rotatable bonds is 8. The van der Waals surface area contributed by atoms with E-state index in [2.05, 4.69) is 0 Å². The third-order valence-corrected chi connectivity index (χ3v) is 4.40. The van der Waals surface area contributed by atoms with Gasteiger partial charge in [-0.1, -0.05) is 30.7 Å². The largest absolute Gasteiger partial charge is 0.480 e. The SMILES string of the molecule is CCC(C)N(CC(=O)O)C(=O)CSCc1ccc(Cl)cc1. The number of hydrogen-bond donors (Lipinski definition) is 1. The molecule has 0 aromatic heterocycles. The van der Waals surface area contributed by atoms with E-state index in [0.29, 0.717) is 10.8 Å². The van der Waals surface area contributed by atoms with Crippen LogP contribution in [0.25, 0.3) is 0 Å². The number of thioether (sulfide) groups is 1. The van der Waals surface area contributed by atoms with E-state index in [9.17, 15) is 9.59 Å². The van der Waals surface area contributed by atoms with Gasteiger partial charge in [-0.2, -0.15) is 0 Å². The van der Waals surface area contributed by atoms with Gasteiger partial charge in [0.1, 0.15) is 6.54 Å². The third kappa shape index (κ3) is 6.40. The third-order valence-electron chi connectivity index (χ3n) is 3.16. The van der Waals surface area contributed by atoms with Gasteiger partial charge in [0.05, 0.1) is 5.75 Å². The lowest BCUT2D eigenvalue weighted by Crippen LogP contribution is -2.42. The molecule has 0 heterocycles. The Labute approximate surface area is 134 Å². The zero-order valence-electron chi connectivity index (χ0n) is 12.2. The first-order chi connectivity index (χ1) is 9.93. The van der Waals surface area contributed by atoms with Crippen LogP contribution in [0.4, 0.5) is 0 Å². The molecule has 0 saturated carbocycles. The second kappa shape index (κ2) is 8.95. The fourth-order valence-electron chi connectivity index (χ4n) is 1.78. The molecule has 0 saturated heterocycles. The van der Waals surface area contributed by atoms with Crippen LogP contribution < -0.4 is 0 Å². The van der Waals surface area contributed by atoms with Crippen molar-refractivity contribution in [3.8, 4) is 0 Å². The zero-order chi connectivity index (χ0) is 15.8. The molecule has 6 heteroatoms. The number of nitrogens with zero attached hydrogens (tertiary/aromatic N) is 1. The van der Waals surface area contributed by atoms with E-state index in [-0.39, 0.29) is 24.2 Å². The fourth-order valence-corrected chi connectivity index (χ4v) is 2.77. The zero-order valence-corrected chi connectivity index (χ0v) is 13.8. The number of hydrogen-bond acceptors (Lipinski definition) is 3. The van der Waals surface area contributed by atoms with Crippen molar-refractivity contribution in [2.24, 2.45) is 0 Å². The topological polar surface area (TPSA) is 57.6 Å². The molecule has 1 unspecified atom stereocenters. The summed E-state index contributed by atoms with van der Waals surface area (Å²) in [5.41, 5.74) is 1.09. The average molecular weight is 330 g/mol. The minimum Gasteiger partial charge on any atom is -0.480 e. The number of carbonyl (C=O) groups is 2. The molecule has 116 valence electrons. The summed E-state index contributed by atoms with van der Waals surface area (Å²) in [5, 5.41) is 9.58. The normalized spacial score (nSPS) is 12.0. The highest BCUT2D eigenvalue weighted by molar-refractivity contribution is 7.99. The second-order valence-electron chi connectivity index (χ2n) is 4.79. The molecule has 21 heavy (non-hydrogen) atoms. The van der Waals surface area contributed by atoms with Gasteiger partial charge >= 0.3 is 5.97 Å². The Morgan fingerprint density at radius 2 is 1.95 bits per heavy atom. The van der Waals surface area contributed by atoms with Crippen LogP contribution in [-0.4, -0.2) is 40.2 Å². The van der Waals surface area contributed by atoms with Crippen LogP contribution >= 0.6 is 23.4 Å². The van der Waals surface area contributed by atoms with Gasteiger partial charge in [0.2, 0.25) is 5.91 Å². The Morgan fingerprint density at radius 1 is 1.33 bits per heavy atom. The summed E-state index contributed by atoms with van der Waals surface area (Å²) in [6.07, 6.45) is 0.737. The molecule has 0 aliphatic heterocycles. The Morgan fingerprint density at radius 3 is 2.48 bits per heavy atom. The van der Waals surface area contributed by atoms with Crippen molar-refractivity contribution in [2.75, 3.05) is 12.3 Å². The van der Waals surface area contributed by atoms with Crippen LogP contribution in [0.2, 0.25) is 5.02 Å². The molecule has 0 spiro atoms. The van der Waals surface area contributed by atoms with Crippen LogP contribution in [0.3, 0.4) is 0 Å². The summed E-state index contributed by atoms with van der Waals surface area (Å²) < 4.78 is 0. The van der Waals surface area contributed by atoms with Crippen LogP contribution in [0, 0.1) is 0 Å². The van der Waals surface area contributed by atoms with E-state index < -0.39 is 5.97 Å². The predicted molar refractivity (Wildman–Crippen MR) is 86.7 cm³/mol. The van der Waals surface area contributed by atoms with Crippen LogP contribution in [0.5, 0.6) is 0 Å². The summed E-state index contributed by atoms with van der Waals surface area (Å²) in [4.78, 5) is 24.4. The second-order valence-corrected chi connectivity index (χ2v) is 6.21. The number of carbonyl (C=O) groups excluding carboxylic acids is 1. The molecule has 1 aromatic rings. The first-order valence-electron chi connectivity index (χ1n) is 6.77. The standard InChI is InChI=1S/C15H20ClNO3S/c1-3-11(2)17(8-15(19)20)14(18)10-21-9-12-4-6-13(16)7-5-12/h4-7,11H,3,8-10H2,1-2H3,(H,19,20). The lowest BCUT2D eigenvalue weighted by molar-refractivity contribution is -0.144. The molecule has 0 fully saturated rings. The highest BCUT2D eigenvalue weighted by Crippen LogP contribution is 2.16. The molecule has 1 N–H and O–H groups in total. The molecule has 1 rings (SSSR count). The molecule has 1 atom stereocenters. The molecule has 0 bridgehead atoms. The molecular formula is C15H20ClNO3S. The number of amides is 1. The van der Waals surface area contributed by atoms with Crippen molar-refractivity contribution in [1.29, 1.82) is 0 Å². The lowest BCUT2D eigenvalue weighted by atomic mass is 10.2. The minimum atomic E-state index is -0.980. The predicted octanol–water partition coefficient (Wildman–Crippen LogP) is 3.28. The maximum absolute atomic E-state index is 12.1. The van der Waals surface area contributed by atoms with Gasteiger partial charge in [0.15, 0.2) is 0 Å². The molecular weight excluding hydrogens is 310 g/mol. The summed E-state index contributed by atoms with van der Waals surface area (Å²) in [6.45, 7) is 3.56. The molecule has 4 nitrogen and oxygen atoms in total. The van der Waals surface area contributed by atoms with Crippen molar-refractivity contribution in [3.63, 3.8) is 0 Å². The van der Waals surface area contributed by atoms with E-state index in [0.717, 1.165) is 12.0 Å². The van der Waals surface area contributed by atoms with E-state index in [1.807, 2.05) is 38.1 Å². The summed E-state index contributed by atoms with van der Waals surface area (Å²) >= 11 is 7.29. The van der Waals surface area contributed by atoms with Gasteiger partial charge in [-0.15, -0.1) is 11.8 Å². The highest BCUT2D eigenvalue weighted by Gasteiger charge is 2.21. The first-order valence-corrected chi connectivity index (χ1v) is 8.30. The molecule has 1 amide bonds. The fraction of sp³-hybridized carbons (Fsp3) is 0.467. The monoisotopic (exact) mass is 329 g/mol. The van der Waals surface area contributed by atoms with Crippen LogP contribution in [0.1, 0.15) is 25.8 Å². The highest BCUT2D eigenvalue weighted by atomic mass is 35.5. The Hall–Kier alpha value is -1.20. The van der Waals surface area contributed by atoms with Gasteiger partial charge in [0.25, 0.3) is 0 Å². The quantitative estimate of drug-likeness (QED) is 0.795.